The van der Waals surface area contributed by atoms with Gasteiger partial charge in [-0.1, -0.05) is 279 Å². The van der Waals surface area contributed by atoms with E-state index in [1.165, 1.54) is 186 Å². The van der Waals surface area contributed by atoms with Crippen LogP contribution in [0.1, 0.15) is 296 Å². The molecule has 0 bridgehead atoms. The van der Waals surface area contributed by atoms with Crippen molar-refractivity contribution in [1.82, 2.24) is 0 Å². The standard InChI is InChI=1S/C67H120NO8P/c1-3-5-7-9-11-13-15-17-19-21-23-25-27-29-31-32-34-36-38-40-42-44-46-48-50-52-54-56-58-60-67(70)76-65(64-75-77(71,72)74-62-61-68)63-73-66(69)59-57-55-53-51-49-47-45-43-41-39-37-35-33-30-28-26-24-22-20-18-16-14-12-10-8-6-4-2/h5,7,11,13,16-19,22-25,29,31,65H,3-4,6,8-10,12,14-15,20-21,26-28,30,32-64,68H2,1-2H3,(H,71,72)/b7-5-,13-11-,18-16-,19-17-,24-22-,25-23-,31-29-. The van der Waals surface area contributed by atoms with E-state index in [9.17, 15) is 19.0 Å². The van der Waals surface area contributed by atoms with Gasteiger partial charge in [0.05, 0.1) is 13.2 Å². The van der Waals surface area contributed by atoms with Crippen molar-refractivity contribution in [3.05, 3.63) is 85.1 Å². The summed E-state index contributed by atoms with van der Waals surface area (Å²) in [7, 11) is -4.39. The molecule has 0 saturated heterocycles. The van der Waals surface area contributed by atoms with E-state index in [4.69, 9.17) is 24.3 Å². The Hall–Kier alpha value is -2.81. The fourth-order valence-electron chi connectivity index (χ4n) is 9.05. The van der Waals surface area contributed by atoms with Gasteiger partial charge in [0.1, 0.15) is 6.61 Å². The van der Waals surface area contributed by atoms with Crippen molar-refractivity contribution < 1.29 is 37.6 Å². The molecule has 3 N–H and O–H groups in total. The van der Waals surface area contributed by atoms with Gasteiger partial charge in [-0.25, -0.2) is 4.57 Å². The van der Waals surface area contributed by atoms with Crippen LogP contribution in [0.5, 0.6) is 0 Å². The van der Waals surface area contributed by atoms with Gasteiger partial charge in [0.15, 0.2) is 6.10 Å². The number of ether oxygens (including phenoxy) is 2. The van der Waals surface area contributed by atoms with E-state index in [0.717, 1.165) is 77.0 Å². The third-order valence-electron chi connectivity index (χ3n) is 13.8. The molecule has 77 heavy (non-hydrogen) atoms. The lowest BCUT2D eigenvalue weighted by atomic mass is 10.0. The molecular formula is C67H120NO8P. The lowest BCUT2D eigenvalue weighted by Gasteiger charge is -2.19. The second kappa shape index (κ2) is 62.4. The van der Waals surface area contributed by atoms with Crippen molar-refractivity contribution in [1.29, 1.82) is 0 Å². The number of nitrogens with two attached hydrogens (primary N) is 1. The third kappa shape index (κ3) is 62.3. The molecule has 0 aliphatic carbocycles. The molecule has 2 unspecified atom stereocenters. The van der Waals surface area contributed by atoms with Gasteiger partial charge in [0, 0.05) is 19.4 Å². The second-order valence-corrected chi connectivity index (χ2v) is 22.7. The van der Waals surface area contributed by atoms with Crippen molar-refractivity contribution >= 4 is 19.8 Å². The van der Waals surface area contributed by atoms with Gasteiger partial charge < -0.3 is 20.1 Å². The van der Waals surface area contributed by atoms with Gasteiger partial charge in [-0.15, -0.1) is 0 Å². The quantitative estimate of drug-likeness (QED) is 0.0264. The minimum atomic E-state index is -4.39. The van der Waals surface area contributed by atoms with Crippen LogP contribution in [0.15, 0.2) is 85.1 Å². The van der Waals surface area contributed by atoms with E-state index in [-0.39, 0.29) is 38.6 Å². The summed E-state index contributed by atoms with van der Waals surface area (Å²) in [6, 6.07) is 0. The summed E-state index contributed by atoms with van der Waals surface area (Å²) in [5.74, 6) is -0.821. The smallest absolute Gasteiger partial charge is 0.462 e. The van der Waals surface area contributed by atoms with Gasteiger partial charge in [0.25, 0.3) is 0 Å². The Labute approximate surface area is 474 Å². The fraction of sp³-hybridized carbons (Fsp3) is 0.761. The average Bonchev–Trinajstić information content (AvgIpc) is 3.42. The highest BCUT2D eigenvalue weighted by molar-refractivity contribution is 7.47. The molecule has 10 heteroatoms. The molecule has 0 aromatic rings. The molecule has 0 aromatic carbocycles. The molecule has 0 amide bonds. The Morgan fingerprint density at radius 1 is 0.403 bits per heavy atom. The molecule has 0 aliphatic heterocycles. The predicted octanol–water partition coefficient (Wildman–Crippen LogP) is 20.6. The molecule has 446 valence electrons. The Morgan fingerprint density at radius 3 is 1.06 bits per heavy atom. The molecule has 0 spiro atoms. The largest absolute Gasteiger partial charge is 0.472 e. The number of carbonyl (C=O) groups excluding carboxylic acids is 2. The van der Waals surface area contributed by atoms with Crippen molar-refractivity contribution in [3.8, 4) is 0 Å². The normalized spacial score (nSPS) is 13.6. The first-order valence-corrected chi connectivity index (χ1v) is 33.6. The maximum Gasteiger partial charge on any atom is 0.472 e. The predicted molar refractivity (Wildman–Crippen MR) is 330 cm³/mol. The van der Waals surface area contributed by atoms with Crippen molar-refractivity contribution in [2.45, 2.75) is 302 Å². The van der Waals surface area contributed by atoms with Crippen LogP contribution in [0, 0.1) is 0 Å². The number of carbonyl (C=O) groups is 2. The number of esters is 2. The molecule has 0 aliphatic rings. The van der Waals surface area contributed by atoms with E-state index < -0.39 is 26.5 Å². The zero-order valence-corrected chi connectivity index (χ0v) is 50.8. The third-order valence-corrected chi connectivity index (χ3v) is 14.7. The Bertz CT molecular complexity index is 1530. The van der Waals surface area contributed by atoms with Crippen LogP contribution >= 0.6 is 7.82 Å². The Balaban J connectivity index is 3.92. The molecule has 0 fully saturated rings. The fourth-order valence-corrected chi connectivity index (χ4v) is 9.81. The van der Waals surface area contributed by atoms with E-state index in [1.54, 1.807) is 0 Å². The number of unbranched alkanes of at least 4 members (excludes halogenated alkanes) is 33. The lowest BCUT2D eigenvalue weighted by molar-refractivity contribution is -0.161. The SMILES string of the molecule is CC/C=C\C/C=C\C/C=C\C/C=C\C/C=C\CCCCCCCCCCCCCCCC(=O)OC(COC(=O)CCCCCCCCCCCCCCCCC/C=C\C/C=C\CCCCCCC)COP(=O)(O)OCCN. The Morgan fingerprint density at radius 2 is 0.714 bits per heavy atom. The van der Waals surface area contributed by atoms with Gasteiger partial charge >= 0.3 is 19.8 Å². The van der Waals surface area contributed by atoms with Gasteiger partial charge in [-0.2, -0.15) is 0 Å². The number of rotatable bonds is 60. The molecule has 0 rings (SSSR count). The maximum atomic E-state index is 12.7. The summed E-state index contributed by atoms with van der Waals surface area (Å²) in [5.41, 5.74) is 5.39. The van der Waals surface area contributed by atoms with E-state index >= 15 is 0 Å². The first-order valence-electron chi connectivity index (χ1n) is 32.1. The molecule has 0 heterocycles. The number of phosphoric acid groups is 1. The first-order chi connectivity index (χ1) is 37.8. The number of allylic oxidation sites excluding steroid dienone is 14. The summed E-state index contributed by atoms with van der Waals surface area (Å²) in [5, 5.41) is 0. The summed E-state index contributed by atoms with van der Waals surface area (Å²) >= 11 is 0. The van der Waals surface area contributed by atoms with Crippen LogP contribution in [0.2, 0.25) is 0 Å². The Kier molecular flexibility index (Phi) is 60.1. The molecule has 2 atom stereocenters. The maximum absolute atomic E-state index is 12.7. The molecule has 0 saturated carbocycles. The van der Waals surface area contributed by atoms with E-state index in [0.29, 0.717) is 6.42 Å². The van der Waals surface area contributed by atoms with Crippen LogP contribution in [-0.4, -0.2) is 49.3 Å². The van der Waals surface area contributed by atoms with Crippen molar-refractivity contribution in [2.24, 2.45) is 5.73 Å². The first kappa shape index (κ1) is 74.2. The van der Waals surface area contributed by atoms with Crippen LogP contribution in [0.25, 0.3) is 0 Å². The topological polar surface area (TPSA) is 134 Å². The highest BCUT2D eigenvalue weighted by Gasteiger charge is 2.26. The summed E-state index contributed by atoms with van der Waals surface area (Å²) in [6.45, 7) is 3.65. The molecule has 9 nitrogen and oxygen atoms in total. The zero-order chi connectivity index (χ0) is 55.9. The van der Waals surface area contributed by atoms with Crippen molar-refractivity contribution in [3.63, 3.8) is 0 Å². The number of hydrogen-bond donors (Lipinski definition) is 2. The summed E-state index contributed by atoms with van der Waals surface area (Å²) < 4.78 is 33.1. The summed E-state index contributed by atoms with van der Waals surface area (Å²) in [6.07, 6.45) is 82.2. The minimum Gasteiger partial charge on any atom is -0.462 e. The van der Waals surface area contributed by atoms with Crippen molar-refractivity contribution in [2.75, 3.05) is 26.4 Å². The molecule has 0 radical (unpaired) electrons. The monoisotopic (exact) mass is 1100 g/mol. The zero-order valence-electron chi connectivity index (χ0n) is 49.9. The highest BCUT2D eigenvalue weighted by atomic mass is 31.2. The van der Waals surface area contributed by atoms with E-state index in [2.05, 4.69) is 98.9 Å². The molecular weight excluding hydrogens is 978 g/mol. The highest BCUT2D eigenvalue weighted by Crippen LogP contribution is 2.43. The van der Waals surface area contributed by atoms with Gasteiger partial charge in [0.2, 0.25) is 0 Å². The van der Waals surface area contributed by atoms with Crippen LogP contribution in [0.4, 0.5) is 0 Å². The van der Waals surface area contributed by atoms with Gasteiger partial charge in [-0.3, -0.25) is 18.6 Å². The lowest BCUT2D eigenvalue weighted by Crippen LogP contribution is -2.29. The van der Waals surface area contributed by atoms with Gasteiger partial charge in [-0.05, 0) is 89.9 Å². The molecule has 0 aromatic heterocycles. The number of hydrogen-bond acceptors (Lipinski definition) is 8. The summed E-state index contributed by atoms with van der Waals surface area (Å²) in [4.78, 5) is 35.3. The van der Waals surface area contributed by atoms with Crippen LogP contribution < -0.4 is 5.73 Å². The van der Waals surface area contributed by atoms with Crippen LogP contribution in [0.3, 0.4) is 0 Å². The number of phosphoric ester groups is 1. The second-order valence-electron chi connectivity index (χ2n) is 21.2. The minimum absolute atomic E-state index is 0.0512. The van der Waals surface area contributed by atoms with Crippen LogP contribution in [-0.2, 0) is 32.7 Å². The van der Waals surface area contributed by atoms with E-state index in [1.807, 2.05) is 0 Å². The average molecular weight is 1100 g/mol.